The van der Waals surface area contributed by atoms with Crippen LogP contribution in [0.1, 0.15) is 76.7 Å². The molecule has 0 atom stereocenters. The molecule has 12 nitrogen and oxygen atoms in total. The van der Waals surface area contributed by atoms with Crippen molar-refractivity contribution in [3.05, 3.63) is 99.7 Å². The third-order valence-corrected chi connectivity index (χ3v) is 6.80. The Bertz CT molecular complexity index is 1400. The smallest absolute Gasteiger partial charge is 0.462 e. The highest BCUT2D eigenvalue weighted by atomic mass is 16.7. The molecule has 1 heterocycles. The van der Waals surface area contributed by atoms with Crippen LogP contribution in [0.2, 0.25) is 0 Å². The van der Waals surface area contributed by atoms with Crippen molar-refractivity contribution in [3.63, 3.8) is 0 Å². The zero-order valence-corrected chi connectivity index (χ0v) is 23.6. The summed E-state index contributed by atoms with van der Waals surface area (Å²) in [7, 11) is 0. The van der Waals surface area contributed by atoms with E-state index in [0.29, 0.717) is 0 Å². The summed E-state index contributed by atoms with van der Waals surface area (Å²) in [6, 6.07) is 18.1. The minimum atomic E-state index is -0.793. The van der Waals surface area contributed by atoms with E-state index in [-0.39, 0.29) is 43.7 Å². The van der Waals surface area contributed by atoms with Gasteiger partial charge in [-0.2, -0.15) is 0 Å². The normalized spacial score (nSPS) is 13.1. The van der Waals surface area contributed by atoms with E-state index >= 15 is 0 Å². The molecular weight excluding hydrogens is 556 g/mol. The van der Waals surface area contributed by atoms with Gasteiger partial charge in [-0.3, -0.25) is 19.2 Å². The first kappa shape index (κ1) is 30.9. The average molecular weight is 591 g/mol. The van der Waals surface area contributed by atoms with Crippen molar-refractivity contribution < 1.29 is 33.4 Å². The summed E-state index contributed by atoms with van der Waals surface area (Å²) in [5.41, 5.74) is 0.595. The van der Waals surface area contributed by atoms with Crippen molar-refractivity contribution in [1.82, 2.24) is 20.6 Å². The van der Waals surface area contributed by atoms with Crippen LogP contribution in [0.4, 0.5) is 4.79 Å². The van der Waals surface area contributed by atoms with E-state index in [1.807, 2.05) is 60.7 Å². The van der Waals surface area contributed by atoms with Crippen molar-refractivity contribution in [2.45, 2.75) is 50.7 Å². The van der Waals surface area contributed by atoms with Crippen LogP contribution in [0.5, 0.6) is 0 Å². The van der Waals surface area contributed by atoms with Crippen LogP contribution in [0.15, 0.2) is 71.7 Å². The van der Waals surface area contributed by atoms with Gasteiger partial charge >= 0.3 is 12.1 Å². The fraction of sp³-hybridized carbons (Fsp3) is 0.355. The lowest BCUT2D eigenvalue weighted by molar-refractivity contribution is -0.144. The predicted molar refractivity (Wildman–Crippen MR) is 154 cm³/mol. The minimum absolute atomic E-state index is 0.0932. The van der Waals surface area contributed by atoms with Gasteiger partial charge < -0.3 is 29.8 Å². The number of ether oxygens (including phenoxy) is 3. The summed E-state index contributed by atoms with van der Waals surface area (Å²) < 4.78 is 15.1. The molecule has 1 fully saturated rings. The molecule has 1 aliphatic carbocycles. The topological polar surface area (TPSA) is 166 Å². The summed E-state index contributed by atoms with van der Waals surface area (Å²) in [6.07, 6.45) is 4.77. The molecule has 0 aliphatic heterocycles. The van der Waals surface area contributed by atoms with E-state index < -0.39 is 35.5 Å². The average Bonchev–Trinajstić information content (AvgIpc) is 3.03. The van der Waals surface area contributed by atoms with Crippen LogP contribution in [0, 0.1) is 0 Å². The van der Waals surface area contributed by atoms with Gasteiger partial charge in [0, 0.05) is 12.7 Å². The number of nitrogens with zero attached hydrogens (tertiary/aromatic N) is 1. The summed E-state index contributed by atoms with van der Waals surface area (Å²) in [5, 5.41) is 5.32. The molecule has 0 radical (unpaired) electrons. The van der Waals surface area contributed by atoms with E-state index in [9.17, 15) is 24.0 Å². The number of rotatable bonds is 12. The molecule has 0 unspecified atom stereocenters. The molecule has 2 amide bonds. The Balaban J connectivity index is 1.21. The molecule has 226 valence electrons. The van der Waals surface area contributed by atoms with Crippen molar-refractivity contribution in [1.29, 1.82) is 0 Å². The number of benzene rings is 2. The number of carbonyl (C=O) groups excluding carboxylic acids is 4. The Morgan fingerprint density at radius 1 is 0.860 bits per heavy atom. The summed E-state index contributed by atoms with van der Waals surface area (Å²) in [6.45, 7) is -0.392. The standard InChI is InChI=1S/C31H34N4O8/c36-25(41-18-19-42-31(40)43-23-14-8-3-9-15-23)16-17-32-30(39)27-33-20-24(29(38)35-27)28(37)34-26(21-10-4-1-5-11-21)22-12-6-2-7-13-22/h1-2,4-7,10-13,20,23,26H,3,8-9,14-19H2,(H,32,39)(H,34,37)(H,33,35,38). The van der Waals surface area contributed by atoms with Crippen LogP contribution in [-0.2, 0) is 19.0 Å². The highest BCUT2D eigenvalue weighted by molar-refractivity contribution is 5.95. The number of carbonyl (C=O) groups is 4. The first-order chi connectivity index (χ1) is 20.9. The van der Waals surface area contributed by atoms with Crippen LogP contribution in [-0.4, -0.2) is 59.8 Å². The highest BCUT2D eigenvalue weighted by Gasteiger charge is 2.21. The summed E-state index contributed by atoms with van der Waals surface area (Å²) in [5.74, 6) is -2.34. The third-order valence-electron chi connectivity index (χ3n) is 6.80. The van der Waals surface area contributed by atoms with Crippen LogP contribution >= 0.6 is 0 Å². The Hall–Kier alpha value is -5.00. The Labute approximate surface area is 248 Å². The van der Waals surface area contributed by atoms with Gasteiger partial charge in [-0.15, -0.1) is 0 Å². The molecule has 4 rings (SSSR count). The molecule has 2 aromatic carbocycles. The van der Waals surface area contributed by atoms with E-state index in [2.05, 4.69) is 20.6 Å². The Kier molecular flexibility index (Phi) is 11.4. The predicted octanol–water partition coefficient (Wildman–Crippen LogP) is 3.44. The second-order valence-corrected chi connectivity index (χ2v) is 9.91. The second-order valence-electron chi connectivity index (χ2n) is 9.91. The van der Waals surface area contributed by atoms with Gasteiger partial charge in [-0.25, -0.2) is 9.78 Å². The molecular formula is C31H34N4O8. The molecule has 3 aromatic rings. The minimum Gasteiger partial charge on any atom is -0.462 e. The summed E-state index contributed by atoms with van der Waals surface area (Å²) in [4.78, 5) is 68.0. The molecule has 0 bridgehead atoms. The van der Waals surface area contributed by atoms with Crippen molar-refractivity contribution >= 4 is 23.9 Å². The quantitative estimate of drug-likeness (QED) is 0.212. The van der Waals surface area contributed by atoms with Gasteiger partial charge in [-0.1, -0.05) is 67.1 Å². The highest BCUT2D eigenvalue weighted by Crippen LogP contribution is 2.22. The number of hydrogen-bond donors (Lipinski definition) is 3. The number of H-pyrrole nitrogens is 1. The van der Waals surface area contributed by atoms with Crippen LogP contribution < -0.4 is 16.2 Å². The van der Waals surface area contributed by atoms with Crippen LogP contribution in [0.25, 0.3) is 0 Å². The Morgan fingerprint density at radius 2 is 1.49 bits per heavy atom. The van der Waals surface area contributed by atoms with Crippen molar-refractivity contribution in [3.8, 4) is 0 Å². The van der Waals surface area contributed by atoms with Gasteiger partial charge in [0.05, 0.1) is 12.5 Å². The molecule has 3 N–H and O–H groups in total. The molecule has 1 saturated carbocycles. The maximum Gasteiger partial charge on any atom is 0.508 e. The molecule has 0 saturated heterocycles. The molecule has 1 aliphatic rings. The van der Waals surface area contributed by atoms with Crippen molar-refractivity contribution in [2.24, 2.45) is 0 Å². The molecule has 12 heteroatoms. The number of hydrogen-bond acceptors (Lipinski definition) is 9. The van der Waals surface area contributed by atoms with Crippen LogP contribution in [0.3, 0.4) is 0 Å². The SMILES string of the molecule is O=C(CCNC(=O)c1ncc(C(=O)NC(c2ccccc2)c2ccccc2)c(=O)[nH]1)OCCOC(=O)OC1CCCCC1. The number of aromatic amines is 1. The zero-order valence-electron chi connectivity index (χ0n) is 23.6. The van der Waals surface area contributed by atoms with Gasteiger partial charge in [-0.05, 0) is 36.8 Å². The summed E-state index contributed by atoms with van der Waals surface area (Å²) >= 11 is 0. The maximum absolute atomic E-state index is 13.0. The maximum atomic E-state index is 13.0. The number of esters is 1. The van der Waals surface area contributed by atoms with Crippen molar-refractivity contribution in [2.75, 3.05) is 19.8 Å². The third kappa shape index (κ3) is 9.52. The fourth-order valence-corrected chi connectivity index (χ4v) is 4.60. The largest absolute Gasteiger partial charge is 0.508 e. The van der Waals surface area contributed by atoms with E-state index in [1.54, 1.807) is 0 Å². The molecule has 1 aromatic heterocycles. The van der Waals surface area contributed by atoms with Gasteiger partial charge in [0.25, 0.3) is 17.4 Å². The van der Waals surface area contributed by atoms with Gasteiger partial charge in [0.15, 0.2) is 5.82 Å². The number of nitrogens with one attached hydrogen (secondary N) is 3. The van der Waals surface area contributed by atoms with E-state index in [4.69, 9.17) is 14.2 Å². The molecule has 0 spiro atoms. The van der Waals surface area contributed by atoms with Gasteiger partial charge in [0.1, 0.15) is 24.9 Å². The number of aromatic nitrogens is 2. The number of amides is 2. The second kappa shape index (κ2) is 15.9. The lowest BCUT2D eigenvalue weighted by Crippen LogP contribution is -2.35. The monoisotopic (exact) mass is 590 g/mol. The van der Waals surface area contributed by atoms with E-state index in [1.165, 1.54) is 0 Å². The Morgan fingerprint density at radius 3 is 2.12 bits per heavy atom. The lowest BCUT2D eigenvalue weighted by atomic mass is 9.98. The first-order valence-electron chi connectivity index (χ1n) is 14.2. The fourth-order valence-electron chi connectivity index (χ4n) is 4.60. The van der Waals surface area contributed by atoms with E-state index in [0.717, 1.165) is 49.4 Å². The lowest BCUT2D eigenvalue weighted by Gasteiger charge is -2.21. The zero-order chi connectivity index (χ0) is 30.4. The molecule has 43 heavy (non-hydrogen) atoms. The van der Waals surface area contributed by atoms with Gasteiger partial charge in [0.2, 0.25) is 0 Å². The first-order valence-corrected chi connectivity index (χ1v) is 14.2.